The number of nitrogens with zero attached hydrogens (tertiary/aromatic N) is 3. The molecular weight excluding hydrogens is 320 g/mol. The summed E-state index contributed by atoms with van der Waals surface area (Å²) >= 11 is 7.26. The van der Waals surface area contributed by atoms with Crippen LogP contribution in [-0.4, -0.2) is 23.0 Å². The van der Waals surface area contributed by atoms with Gasteiger partial charge in [-0.1, -0.05) is 23.7 Å². The molecule has 9 heteroatoms. The van der Waals surface area contributed by atoms with Gasteiger partial charge in [0.15, 0.2) is 0 Å². The number of hydrogen-bond acceptors (Lipinski definition) is 5. The Kier molecular flexibility index (Phi) is 3.15. The number of hydrogen-bond donors (Lipinski definition) is 1. The summed E-state index contributed by atoms with van der Waals surface area (Å²) in [5.41, 5.74) is 1.13. The minimum Gasteiger partial charge on any atom is -0.275 e. The summed E-state index contributed by atoms with van der Waals surface area (Å²) in [6.45, 7) is 1.83. The van der Waals surface area contributed by atoms with E-state index in [4.69, 9.17) is 11.6 Å². The highest BCUT2D eigenvalue weighted by atomic mass is 35.5. The van der Waals surface area contributed by atoms with Crippen LogP contribution in [0.25, 0.3) is 4.96 Å². The van der Waals surface area contributed by atoms with Crippen LogP contribution in [0, 0.1) is 6.92 Å². The van der Waals surface area contributed by atoms with Crippen LogP contribution >= 0.6 is 22.9 Å². The summed E-state index contributed by atoms with van der Waals surface area (Å²) in [6.07, 6.45) is 0. The second-order valence-corrected chi connectivity index (χ2v) is 6.87. The Morgan fingerprint density at radius 2 is 2.10 bits per heavy atom. The Morgan fingerprint density at radius 3 is 2.80 bits per heavy atom. The van der Waals surface area contributed by atoms with Gasteiger partial charge < -0.3 is 0 Å². The molecule has 3 aromatic rings. The fourth-order valence-corrected chi connectivity index (χ4v) is 3.67. The quantitative estimate of drug-likeness (QED) is 0.801. The number of fused-ring (bicyclic) bond motifs is 1. The summed E-state index contributed by atoms with van der Waals surface area (Å²) in [5.74, 6) is 0. The van der Waals surface area contributed by atoms with E-state index in [0.29, 0.717) is 15.7 Å². The first-order chi connectivity index (χ1) is 9.47. The van der Waals surface area contributed by atoms with Crippen LogP contribution in [0.3, 0.4) is 0 Å². The zero-order valence-electron chi connectivity index (χ0n) is 10.2. The lowest BCUT2D eigenvalue weighted by Crippen LogP contribution is -2.15. The lowest BCUT2D eigenvalue weighted by Gasteiger charge is -2.06. The molecule has 104 valence electrons. The van der Waals surface area contributed by atoms with Gasteiger partial charge in [0.1, 0.15) is 0 Å². The second kappa shape index (κ2) is 4.72. The van der Waals surface area contributed by atoms with Gasteiger partial charge in [0, 0.05) is 5.38 Å². The van der Waals surface area contributed by atoms with Gasteiger partial charge in [0.05, 0.1) is 16.4 Å². The van der Waals surface area contributed by atoms with Crippen LogP contribution in [0.4, 0.5) is 5.69 Å². The van der Waals surface area contributed by atoms with E-state index in [-0.39, 0.29) is 5.16 Å². The monoisotopic (exact) mass is 328 g/mol. The van der Waals surface area contributed by atoms with Crippen LogP contribution in [0.15, 0.2) is 34.8 Å². The minimum absolute atomic E-state index is 0.271. The number of sulfonamides is 1. The predicted octanol–water partition coefficient (Wildman–Crippen LogP) is 2.55. The number of para-hydroxylation sites is 1. The lowest BCUT2D eigenvalue weighted by molar-refractivity contribution is 0.592. The Bertz CT molecular complexity index is 885. The Morgan fingerprint density at radius 1 is 1.35 bits per heavy atom. The summed E-state index contributed by atoms with van der Waals surface area (Å²) in [6, 6.07) is 6.58. The number of anilines is 1. The highest BCUT2D eigenvalue weighted by Gasteiger charge is 2.22. The number of aryl methyl sites for hydroxylation is 1. The molecule has 0 amide bonds. The minimum atomic E-state index is -3.86. The number of halogens is 1. The molecule has 0 bridgehead atoms. The number of nitrogens with one attached hydrogen (secondary N) is 1. The molecule has 0 atom stereocenters. The first-order valence-electron chi connectivity index (χ1n) is 5.55. The number of aromatic nitrogens is 3. The fraction of sp³-hybridized carbons (Fsp3) is 0.0909. The van der Waals surface area contributed by atoms with Crippen LogP contribution in [-0.2, 0) is 10.0 Å². The third-order valence-corrected chi connectivity index (χ3v) is 4.99. The molecule has 0 aliphatic heterocycles. The third kappa shape index (κ3) is 2.26. The van der Waals surface area contributed by atoms with Gasteiger partial charge in [-0.3, -0.25) is 4.72 Å². The van der Waals surface area contributed by atoms with Gasteiger partial charge in [-0.15, -0.1) is 16.4 Å². The molecule has 0 saturated heterocycles. The van der Waals surface area contributed by atoms with Gasteiger partial charge in [0.2, 0.25) is 4.96 Å². The maximum absolute atomic E-state index is 12.2. The molecule has 0 spiro atoms. The first kappa shape index (κ1) is 13.3. The van der Waals surface area contributed by atoms with Crippen molar-refractivity contribution in [1.82, 2.24) is 14.6 Å². The molecule has 0 fully saturated rings. The van der Waals surface area contributed by atoms with Crippen molar-refractivity contribution >= 4 is 43.6 Å². The molecule has 6 nitrogen and oxygen atoms in total. The molecule has 2 aromatic heterocycles. The van der Waals surface area contributed by atoms with Gasteiger partial charge in [-0.05, 0) is 19.1 Å². The predicted molar refractivity (Wildman–Crippen MR) is 77.9 cm³/mol. The normalized spacial score (nSPS) is 11.9. The average molecular weight is 329 g/mol. The molecule has 2 heterocycles. The molecule has 1 N–H and O–H groups in total. The standard InChI is InChI=1S/C11H9ClN4O2S2/c1-7-6-19-11-13-10(14-16(7)11)20(17,18)15-9-5-3-2-4-8(9)12/h2-6,15H,1H3. The van der Waals surface area contributed by atoms with Crippen molar-refractivity contribution in [2.24, 2.45) is 0 Å². The number of thiazole rings is 1. The summed E-state index contributed by atoms with van der Waals surface area (Å²) in [7, 11) is -3.86. The van der Waals surface area contributed by atoms with E-state index in [0.717, 1.165) is 5.69 Å². The lowest BCUT2D eigenvalue weighted by atomic mass is 10.3. The average Bonchev–Trinajstić information content (AvgIpc) is 2.95. The Hall–Kier alpha value is -1.64. The van der Waals surface area contributed by atoms with E-state index < -0.39 is 10.0 Å². The van der Waals surface area contributed by atoms with Crippen molar-refractivity contribution < 1.29 is 8.42 Å². The fourth-order valence-electron chi connectivity index (χ4n) is 1.62. The highest BCUT2D eigenvalue weighted by molar-refractivity contribution is 7.92. The molecule has 0 unspecified atom stereocenters. The van der Waals surface area contributed by atoms with Gasteiger partial charge in [-0.2, -0.15) is 13.4 Å². The van der Waals surface area contributed by atoms with E-state index in [1.54, 1.807) is 24.3 Å². The van der Waals surface area contributed by atoms with Crippen molar-refractivity contribution in [3.8, 4) is 0 Å². The molecule has 1 aromatic carbocycles. The van der Waals surface area contributed by atoms with Crippen LogP contribution in [0.1, 0.15) is 5.69 Å². The van der Waals surface area contributed by atoms with E-state index in [1.807, 2.05) is 12.3 Å². The summed E-state index contributed by atoms with van der Waals surface area (Å²) in [4.78, 5) is 4.54. The molecule has 3 rings (SSSR count). The maximum atomic E-state index is 12.2. The van der Waals surface area contributed by atoms with Crippen LogP contribution in [0.2, 0.25) is 5.02 Å². The zero-order valence-corrected chi connectivity index (χ0v) is 12.6. The SMILES string of the molecule is Cc1csc2nc(S(=O)(=O)Nc3ccccc3Cl)nn12. The molecule has 0 aliphatic rings. The Labute approximate surface area is 124 Å². The number of benzene rings is 1. The van der Waals surface area contributed by atoms with E-state index in [9.17, 15) is 8.42 Å². The molecule has 0 saturated carbocycles. The molecular formula is C11H9ClN4O2S2. The van der Waals surface area contributed by atoms with Crippen LogP contribution in [0.5, 0.6) is 0 Å². The third-order valence-electron chi connectivity index (χ3n) is 2.59. The smallest absolute Gasteiger partial charge is 0.275 e. The summed E-state index contributed by atoms with van der Waals surface area (Å²) < 4.78 is 28.3. The van der Waals surface area contributed by atoms with Gasteiger partial charge in [-0.25, -0.2) is 4.52 Å². The van der Waals surface area contributed by atoms with Crippen LogP contribution < -0.4 is 4.72 Å². The van der Waals surface area contributed by atoms with E-state index in [1.165, 1.54) is 15.9 Å². The van der Waals surface area contributed by atoms with E-state index in [2.05, 4.69) is 14.8 Å². The molecule has 0 radical (unpaired) electrons. The molecule has 20 heavy (non-hydrogen) atoms. The number of rotatable bonds is 3. The first-order valence-corrected chi connectivity index (χ1v) is 8.30. The van der Waals surface area contributed by atoms with Gasteiger partial charge >= 0.3 is 0 Å². The van der Waals surface area contributed by atoms with Crippen molar-refractivity contribution in [3.63, 3.8) is 0 Å². The van der Waals surface area contributed by atoms with Gasteiger partial charge in [0.25, 0.3) is 15.2 Å². The second-order valence-electron chi connectivity index (χ2n) is 4.05. The largest absolute Gasteiger partial charge is 0.299 e. The van der Waals surface area contributed by atoms with Crippen molar-refractivity contribution in [2.75, 3.05) is 4.72 Å². The zero-order chi connectivity index (χ0) is 14.3. The topological polar surface area (TPSA) is 76.4 Å². The van der Waals surface area contributed by atoms with E-state index >= 15 is 0 Å². The molecule has 0 aliphatic carbocycles. The summed E-state index contributed by atoms with van der Waals surface area (Å²) in [5, 5.41) is 5.89. The maximum Gasteiger partial charge on any atom is 0.299 e. The Balaban J connectivity index is 2.01. The van der Waals surface area contributed by atoms with Crippen molar-refractivity contribution in [1.29, 1.82) is 0 Å². The van der Waals surface area contributed by atoms with Crippen molar-refractivity contribution in [2.45, 2.75) is 12.1 Å². The highest BCUT2D eigenvalue weighted by Crippen LogP contribution is 2.23. The van der Waals surface area contributed by atoms with Crippen molar-refractivity contribution in [3.05, 3.63) is 40.4 Å².